The van der Waals surface area contributed by atoms with Crippen LogP contribution in [0.5, 0.6) is 11.5 Å². The summed E-state index contributed by atoms with van der Waals surface area (Å²) in [5, 5.41) is 0. The zero-order valence-corrected chi connectivity index (χ0v) is 12.7. The number of piperidine rings is 1. The van der Waals surface area contributed by atoms with Crippen LogP contribution in [0.15, 0.2) is 12.1 Å². The maximum atomic E-state index is 13.2. The lowest BCUT2D eigenvalue weighted by Crippen LogP contribution is -2.46. The molecule has 0 spiro atoms. The van der Waals surface area contributed by atoms with E-state index in [9.17, 15) is 6.17 Å². The molecule has 0 saturated carbocycles. The van der Waals surface area contributed by atoms with E-state index in [1.165, 1.54) is 0 Å². The molecule has 2 unspecified atom stereocenters. The lowest BCUT2D eigenvalue weighted by molar-refractivity contribution is -0.129. The molecular weight excluding hydrogens is 290 g/mol. The van der Waals surface area contributed by atoms with Crippen molar-refractivity contribution in [3.05, 3.63) is 23.2 Å². The molecule has 0 N–H and O–H groups in total. The highest BCUT2D eigenvalue weighted by Gasteiger charge is 2.38. The Morgan fingerprint density at radius 1 is 1.43 bits per heavy atom. The van der Waals surface area contributed by atoms with E-state index in [1.807, 2.05) is 0 Å². The summed E-state index contributed by atoms with van der Waals surface area (Å²) in [5.41, 5.74) is -1.93. The number of carbonyl (C=O) groups excluding carboxylic acids is 1. The fourth-order valence-corrected chi connectivity index (χ4v) is 2.66. The fourth-order valence-electron chi connectivity index (χ4n) is 2.66. The van der Waals surface area contributed by atoms with E-state index in [0.29, 0.717) is 0 Å². The summed E-state index contributed by atoms with van der Waals surface area (Å²) < 4.78 is 132. The van der Waals surface area contributed by atoms with Crippen LogP contribution in [0, 0.1) is 11.8 Å². The van der Waals surface area contributed by atoms with Crippen LogP contribution in [-0.4, -0.2) is 37.8 Å². The predicted molar refractivity (Wildman–Crippen MR) is 90.1 cm³/mol. The Labute approximate surface area is 159 Å². The SMILES string of the molecule is [2H]c1c(OC([2H])([2H])[2H])c(OC([2H])([2H])[2H])c([2H])c2c1C1([2H])CC(=O)C(CC(C)C)C([2H])([2H])N1C([2H])([2H])C2([2H])[2H]. The maximum absolute atomic E-state index is 13.2. The van der Waals surface area contributed by atoms with Crippen molar-refractivity contribution in [1.29, 1.82) is 0 Å². The second-order valence-electron chi connectivity index (χ2n) is 5.84. The molecule has 0 aromatic heterocycles. The lowest BCUT2D eigenvalue weighted by atomic mass is 9.80. The minimum absolute atomic E-state index is 0.0550. The third-order valence-electron chi connectivity index (χ3n) is 3.71. The molecule has 2 atom stereocenters. The standard InChI is InChI=1S/C19H27NO3/c1-12(2)7-14-11-20-6-5-13-8-18(22-3)19(23-4)9-15(13)16(20)10-17(14)21/h8-9,12,14,16H,5-7,10-11H2,1-4H3/i3D3,4D3,5D2,6D2,8D,9D,11D2,16D. The average molecular weight is 333 g/mol. The second-order valence-corrected chi connectivity index (χ2v) is 5.84. The first kappa shape index (κ1) is 6.07. The van der Waals surface area contributed by atoms with Crippen LogP contribution in [0.2, 0.25) is 0 Å². The van der Waals surface area contributed by atoms with Gasteiger partial charge in [0.1, 0.15) is 5.78 Å². The predicted octanol–water partition coefficient (Wildman–Crippen LogP) is 3.24. The number of ketones is 1. The third kappa shape index (κ3) is 3.09. The monoisotopic (exact) mass is 332 g/mol. The van der Waals surface area contributed by atoms with Gasteiger partial charge in [-0.1, -0.05) is 13.8 Å². The Balaban J connectivity index is 2.50. The summed E-state index contributed by atoms with van der Waals surface area (Å²) >= 11 is 0. The molecule has 1 aromatic rings. The molecule has 0 aliphatic carbocycles. The number of benzene rings is 1. The summed E-state index contributed by atoms with van der Waals surface area (Å²) in [7, 11) is -6.67. The molecule has 2 aliphatic rings. The van der Waals surface area contributed by atoms with Gasteiger partial charge in [0.05, 0.1) is 26.4 Å². The van der Waals surface area contributed by atoms with Crippen LogP contribution in [0.25, 0.3) is 0 Å². The topological polar surface area (TPSA) is 38.8 Å². The van der Waals surface area contributed by atoms with E-state index in [0.717, 1.165) is 0 Å². The summed E-state index contributed by atoms with van der Waals surface area (Å²) in [5.74, 6) is -4.86. The summed E-state index contributed by atoms with van der Waals surface area (Å²) in [6.45, 7) is -2.97. The van der Waals surface area contributed by atoms with Crippen molar-refractivity contribution in [2.24, 2.45) is 11.8 Å². The van der Waals surface area contributed by atoms with E-state index in [1.54, 1.807) is 13.8 Å². The summed E-state index contributed by atoms with van der Waals surface area (Å²) in [6, 6.07) is -5.18. The quantitative estimate of drug-likeness (QED) is 0.848. The third-order valence-corrected chi connectivity index (χ3v) is 3.71. The van der Waals surface area contributed by atoms with Gasteiger partial charge in [-0.25, -0.2) is 0 Å². The molecule has 4 nitrogen and oxygen atoms in total. The largest absolute Gasteiger partial charge is 0.493 e. The number of nitrogens with zero attached hydrogens (tertiary/aromatic N) is 1. The zero-order chi connectivity index (χ0) is 29.6. The minimum atomic E-state index is -3.41. The van der Waals surface area contributed by atoms with Gasteiger partial charge in [0.2, 0.25) is 0 Å². The number of carbonyl (C=O) groups is 1. The molecule has 0 bridgehead atoms. The van der Waals surface area contributed by atoms with Gasteiger partial charge < -0.3 is 9.47 Å². The van der Waals surface area contributed by atoms with Gasteiger partial charge in [0, 0.05) is 39.6 Å². The van der Waals surface area contributed by atoms with E-state index in [2.05, 4.69) is 0 Å². The van der Waals surface area contributed by atoms with Crippen LogP contribution >= 0.6 is 0 Å². The van der Waals surface area contributed by atoms with Crippen LogP contribution in [0.1, 0.15) is 64.4 Å². The smallest absolute Gasteiger partial charge is 0.161 e. The Morgan fingerprint density at radius 2 is 2.17 bits per heavy atom. The molecule has 0 amide bonds. The van der Waals surface area contributed by atoms with Crippen molar-refractivity contribution in [1.82, 2.24) is 4.90 Å². The van der Waals surface area contributed by atoms with Gasteiger partial charge in [-0.2, -0.15) is 0 Å². The summed E-state index contributed by atoms with van der Waals surface area (Å²) in [4.78, 5) is 13.4. The number of rotatable bonds is 4. The number of ether oxygens (including phenoxy) is 2. The van der Waals surface area contributed by atoms with Crippen LogP contribution in [-0.2, 0) is 11.2 Å². The molecule has 2 heterocycles. The second kappa shape index (κ2) is 6.52. The van der Waals surface area contributed by atoms with Crippen molar-refractivity contribution in [3.63, 3.8) is 0 Å². The number of Topliss-reactive ketones (excluding diaryl/α,β-unsaturated/α-hetero) is 1. The van der Waals surface area contributed by atoms with Crippen molar-refractivity contribution in [2.45, 2.75) is 39.1 Å². The van der Waals surface area contributed by atoms with Crippen molar-refractivity contribution in [2.75, 3.05) is 27.1 Å². The van der Waals surface area contributed by atoms with Gasteiger partial charge >= 0.3 is 0 Å². The van der Waals surface area contributed by atoms with Crippen molar-refractivity contribution >= 4 is 5.78 Å². The van der Waals surface area contributed by atoms with Gasteiger partial charge in [-0.3, -0.25) is 9.69 Å². The van der Waals surface area contributed by atoms with Crippen LogP contribution in [0.3, 0.4) is 0 Å². The number of hydrogen-bond donors (Lipinski definition) is 0. The van der Waals surface area contributed by atoms with Crippen molar-refractivity contribution in [3.8, 4) is 11.5 Å². The highest BCUT2D eigenvalue weighted by atomic mass is 16.5. The molecule has 3 rings (SSSR count). The fraction of sp³-hybridized carbons (Fsp3) is 0.632. The average Bonchev–Trinajstić information content (AvgIpc) is 2.66. The Morgan fingerprint density at radius 3 is 2.87 bits per heavy atom. The molecule has 1 fully saturated rings. The first-order chi connectivity index (χ1) is 16.8. The van der Waals surface area contributed by atoms with Crippen LogP contribution < -0.4 is 9.47 Å². The molecule has 1 saturated heterocycles. The normalized spacial score (nSPS) is 44.7. The zero-order valence-electron chi connectivity index (χ0n) is 27.7. The van der Waals surface area contributed by atoms with Crippen LogP contribution in [0.4, 0.5) is 0 Å². The van der Waals surface area contributed by atoms with Crippen molar-refractivity contribution < 1.29 is 34.8 Å². The number of hydrogen-bond acceptors (Lipinski definition) is 4. The highest BCUT2D eigenvalue weighted by Crippen LogP contribution is 2.42. The first-order valence-corrected chi connectivity index (χ1v) is 7.20. The van der Waals surface area contributed by atoms with Gasteiger partial charge in [0.15, 0.2) is 11.5 Å². The lowest BCUT2D eigenvalue weighted by Gasteiger charge is -2.43. The minimum Gasteiger partial charge on any atom is -0.493 e. The first-order valence-electron chi connectivity index (χ1n) is 14.7. The molecule has 2 aliphatic heterocycles. The molecule has 126 valence electrons. The molecule has 23 heavy (non-hydrogen) atoms. The van der Waals surface area contributed by atoms with E-state index in [-0.39, 0.29) is 17.2 Å². The Hall–Kier alpha value is -1.55. The number of fused-ring (bicyclic) bond motifs is 3. The van der Waals surface area contributed by atoms with E-state index < -0.39 is 92.3 Å². The Bertz CT molecular complexity index is 1140. The number of methoxy groups -OCH3 is 2. The molecule has 0 radical (unpaired) electrons. The maximum Gasteiger partial charge on any atom is 0.161 e. The summed E-state index contributed by atoms with van der Waals surface area (Å²) in [6.07, 6.45) is -4.35. The van der Waals surface area contributed by atoms with Gasteiger partial charge in [0.25, 0.3) is 0 Å². The molecular formula is C19H27NO3. The molecule has 4 heteroatoms. The van der Waals surface area contributed by atoms with E-state index in [4.69, 9.17) is 28.7 Å². The molecule has 1 aromatic carbocycles. The van der Waals surface area contributed by atoms with E-state index >= 15 is 0 Å². The highest BCUT2D eigenvalue weighted by molar-refractivity contribution is 5.83. The van der Waals surface area contributed by atoms with Gasteiger partial charge in [-0.05, 0) is 41.9 Å². The van der Waals surface area contributed by atoms with Gasteiger partial charge in [-0.15, -0.1) is 0 Å². The Kier molecular flexibility index (Phi) is 1.72.